The van der Waals surface area contributed by atoms with E-state index >= 15 is 0 Å². The maximum Gasteiger partial charge on any atom is 0.200 e. The number of hydrogen-bond acceptors (Lipinski definition) is 8. The first-order chi connectivity index (χ1) is 19.0. The first kappa shape index (κ1) is 25.2. The van der Waals surface area contributed by atoms with Crippen LogP contribution in [0.25, 0.3) is 11.3 Å². The molecule has 4 heterocycles. The largest absolute Gasteiger partial charge is 0.489 e. The van der Waals surface area contributed by atoms with Crippen LogP contribution < -0.4 is 15.1 Å². The summed E-state index contributed by atoms with van der Waals surface area (Å²) in [5.41, 5.74) is 3.55. The van der Waals surface area contributed by atoms with E-state index in [1.54, 1.807) is 23.9 Å². The molecule has 0 unspecified atom stereocenters. The van der Waals surface area contributed by atoms with E-state index in [0.717, 1.165) is 62.0 Å². The van der Waals surface area contributed by atoms with E-state index in [0.29, 0.717) is 24.9 Å². The number of anilines is 1. The van der Waals surface area contributed by atoms with Gasteiger partial charge in [-0.2, -0.15) is 0 Å². The minimum atomic E-state index is -0.0446. The summed E-state index contributed by atoms with van der Waals surface area (Å²) in [5, 5.41) is 0. The summed E-state index contributed by atoms with van der Waals surface area (Å²) in [4.78, 5) is 19.6. The standard InChI is InChI=1S/C31H34N2O5S/c1-21(19-32-9-14-36-31(20-32)7-8-31)37-25-5-6-28-23(16-25)15-22-3-2-4-26(30(22)39-28)27-17-24(34)18-29(38-27)33-10-12-35-13-11-33/h2-6,16-18,21H,7-15,19-20H2,1H3/t21-/m0/s1. The van der Waals surface area contributed by atoms with E-state index in [2.05, 4.69) is 53.1 Å². The van der Waals surface area contributed by atoms with E-state index < -0.39 is 0 Å². The van der Waals surface area contributed by atoms with Crippen LogP contribution in [0, 0.1) is 0 Å². The van der Waals surface area contributed by atoms with Crippen molar-refractivity contribution in [1.82, 2.24) is 4.90 Å². The molecule has 4 aliphatic rings. The van der Waals surface area contributed by atoms with E-state index in [4.69, 9.17) is 18.6 Å². The third kappa shape index (κ3) is 5.35. The van der Waals surface area contributed by atoms with Gasteiger partial charge in [-0.15, -0.1) is 0 Å². The molecule has 8 heteroatoms. The van der Waals surface area contributed by atoms with Gasteiger partial charge in [0.1, 0.15) is 17.6 Å². The Bertz CT molecular complexity index is 1430. The highest BCUT2D eigenvalue weighted by Gasteiger charge is 2.47. The lowest BCUT2D eigenvalue weighted by Crippen LogP contribution is -2.47. The Kier molecular flexibility index (Phi) is 6.67. The average molecular weight is 547 g/mol. The lowest BCUT2D eigenvalue weighted by Gasteiger charge is -2.34. The fraction of sp³-hybridized carbons (Fsp3) is 0.452. The van der Waals surface area contributed by atoms with E-state index in [1.807, 2.05) is 0 Å². The summed E-state index contributed by atoms with van der Waals surface area (Å²) in [6.45, 7) is 8.61. The van der Waals surface area contributed by atoms with E-state index in [1.165, 1.54) is 28.9 Å². The molecule has 7 rings (SSSR count). The van der Waals surface area contributed by atoms with Gasteiger partial charge in [-0.05, 0) is 55.5 Å². The molecule has 204 valence electrons. The van der Waals surface area contributed by atoms with Crippen molar-refractivity contribution >= 4 is 17.6 Å². The molecular weight excluding hydrogens is 512 g/mol. The molecule has 39 heavy (non-hydrogen) atoms. The minimum Gasteiger partial charge on any atom is -0.489 e. The number of nitrogens with zero attached hydrogens (tertiary/aromatic N) is 2. The highest BCUT2D eigenvalue weighted by atomic mass is 32.2. The van der Waals surface area contributed by atoms with Gasteiger partial charge in [-0.3, -0.25) is 9.69 Å². The van der Waals surface area contributed by atoms with Crippen LogP contribution in [0.2, 0.25) is 0 Å². The van der Waals surface area contributed by atoms with Crippen molar-refractivity contribution in [2.75, 3.05) is 57.4 Å². The molecule has 0 amide bonds. The molecule has 1 spiro atoms. The SMILES string of the molecule is C[C@@H](CN1CCOC2(CC2)C1)Oc1ccc2c(c1)Cc1cccc(-c3cc(=O)cc(N4CCOCC4)o3)c1S2. The van der Waals surface area contributed by atoms with Gasteiger partial charge < -0.3 is 23.5 Å². The third-order valence-electron chi connectivity index (χ3n) is 8.05. The normalized spacial score (nSPS) is 20.8. The Balaban J connectivity index is 1.08. The quantitative estimate of drug-likeness (QED) is 0.341. The van der Waals surface area contributed by atoms with E-state index in [-0.39, 0.29) is 17.1 Å². The monoisotopic (exact) mass is 546 g/mol. The predicted molar refractivity (Wildman–Crippen MR) is 151 cm³/mol. The Labute approximate surface area is 233 Å². The summed E-state index contributed by atoms with van der Waals surface area (Å²) < 4.78 is 24.1. The van der Waals surface area contributed by atoms with Crippen LogP contribution in [0.4, 0.5) is 5.88 Å². The van der Waals surface area contributed by atoms with Crippen molar-refractivity contribution < 1.29 is 18.6 Å². The average Bonchev–Trinajstić information content (AvgIpc) is 3.69. The number of benzene rings is 2. The molecule has 7 nitrogen and oxygen atoms in total. The van der Waals surface area contributed by atoms with Gasteiger partial charge in [0.2, 0.25) is 0 Å². The molecule has 3 aromatic rings. The lowest BCUT2D eigenvalue weighted by atomic mass is 10.0. The van der Waals surface area contributed by atoms with Gasteiger partial charge in [-0.1, -0.05) is 30.0 Å². The molecule has 0 N–H and O–H groups in total. The first-order valence-corrected chi connectivity index (χ1v) is 14.8. The Morgan fingerprint density at radius 3 is 2.74 bits per heavy atom. The molecule has 3 fully saturated rings. The van der Waals surface area contributed by atoms with Crippen LogP contribution in [0.5, 0.6) is 5.75 Å². The molecule has 1 atom stereocenters. The fourth-order valence-electron chi connectivity index (χ4n) is 5.91. The summed E-state index contributed by atoms with van der Waals surface area (Å²) >= 11 is 1.74. The van der Waals surface area contributed by atoms with Crippen molar-refractivity contribution in [1.29, 1.82) is 0 Å². The van der Waals surface area contributed by atoms with Gasteiger partial charge in [0.15, 0.2) is 11.3 Å². The Morgan fingerprint density at radius 2 is 1.90 bits per heavy atom. The molecule has 3 aliphatic heterocycles. The molecule has 0 bridgehead atoms. The lowest BCUT2D eigenvalue weighted by molar-refractivity contribution is -0.0532. The van der Waals surface area contributed by atoms with Crippen LogP contribution in [0.15, 0.2) is 67.5 Å². The van der Waals surface area contributed by atoms with Gasteiger partial charge in [-0.25, -0.2) is 0 Å². The molecule has 2 saturated heterocycles. The van der Waals surface area contributed by atoms with E-state index in [9.17, 15) is 4.79 Å². The molecule has 2 aromatic carbocycles. The van der Waals surface area contributed by atoms with Crippen LogP contribution in [-0.4, -0.2) is 69.1 Å². The fourth-order valence-corrected chi connectivity index (χ4v) is 7.08. The number of fused-ring (bicyclic) bond motifs is 2. The summed E-state index contributed by atoms with van der Waals surface area (Å²) in [6, 6.07) is 15.9. The molecule has 1 aliphatic carbocycles. The molecule has 1 aromatic heterocycles. The second-order valence-corrected chi connectivity index (χ2v) is 12.2. The predicted octanol–water partition coefficient (Wildman–Crippen LogP) is 4.83. The molecular formula is C31H34N2O5S. The highest BCUT2D eigenvalue weighted by Crippen LogP contribution is 2.46. The second-order valence-electron chi connectivity index (χ2n) is 11.1. The van der Waals surface area contributed by atoms with Crippen LogP contribution >= 0.6 is 11.8 Å². The van der Waals surface area contributed by atoms with Gasteiger partial charge in [0.25, 0.3) is 0 Å². The van der Waals surface area contributed by atoms with Crippen molar-refractivity contribution in [2.45, 2.75) is 47.7 Å². The summed E-state index contributed by atoms with van der Waals surface area (Å²) in [6.07, 6.45) is 3.30. The number of ether oxygens (including phenoxy) is 3. The molecule has 1 saturated carbocycles. The van der Waals surface area contributed by atoms with Crippen LogP contribution in [0.1, 0.15) is 30.9 Å². The van der Waals surface area contributed by atoms with Gasteiger partial charge >= 0.3 is 0 Å². The van der Waals surface area contributed by atoms with Gasteiger partial charge in [0, 0.05) is 60.2 Å². The topological polar surface area (TPSA) is 64.4 Å². The number of rotatable bonds is 6. The highest BCUT2D eigenvalue weighted by molar-refractivity contribution is 7.99. The summed E-state index contributed by atoms with van der Waals surface area (Å²) in [5.74, 6) is 2.14. The Morgan fingerprint density at radius 1 is 1.03 bits per heavy atom. The minimum absolute atomic E-state index is 0.0446. The zero-order valence-corrected chi connectivity index (χ0v) is 23.1. The number of hydrogen-bond donors (Lipinski definition) is 0. The zero-order valence-electron chi connectivity index (χ0n) is 22.3. The summed E-state index contributed by atoms with van der Waals surface area (Å²) in [7, 11) is 0. The Hall–Kier alpha value is -2.78. The molecule has 0 radical (unpaired) electrons. The van der Waals surface area contributed by atoms with Crippen LogP contribution in [-0.2, 0) is 15.9 Å². The maximum atomic E-state index is 12.6. The smallest absolute Gasteiger partial charge is 0.200 e. The third-order valence-corrected chi connectivity index (χ3v) is 9.36. The van der Waals surface area contributed by atoms with Crippen LogP contribution in [0.3, 0.4) is 0 Å². The maximum absolute atomic E-state index is 12.6. The second kappa shape index (κ2) is 10.3. The van der Waals surface area contributed by atoms with Crippen molar-refractivity contribution in [2.24, 2.45) is 0 Å². The first-order valence-electron chi connectivity index (χ1n) is 14.0. The van der Waals surface area contributed by atoms with Crippen molar-refractivity contribution in [3.8, 4) is 17.1 Å². The number of morpholine rings is 2. The van der Waals surface area contributed by atoms with Gasteiger partial charge in [0.05, 0.1) is 25.4 Å². The van der Waals surface area contributed by atoms with Crippen molar-refractivity contribution in [3.05, 3.63) is 69.9 Å². The van der Waals surface area contributed by atoms with Crippen molar-refractivity contribution in [3.63, 3.8) is 0 Å². The zero-order chi connectivity index (χ0) is 26.4.